The highest BCUT2D eigenvalue weighted by Crippen LogP contribution is 2.21. The van der Waals surface area contributed by atoms with E-state index in [4.69, 9.17) is 17.3 Å². The number of benzene rings is 2. The standard InChI is InChI=1S/C15H16BrClN2/c1-19(9-11-3-2-4-13(16)7-11)10-12-5-6-15(18)14(17)8-12/h2-8H,9-10,18H2,1H3. The van der Waals surface area contributed by atoms with Crippen molar-refractivity contribution in [3.05, 3.63) is 63.1 Å². The van der Waals surface area contributed by atoms with Gasteiger partial charge >= 0.3 is 0 Å². The van der Waals surface area contributed by atoms with Crippen LogP contribution in [0.25, 0.3) is 0 Å². The molecule has 0 aliphatic carbocycles. The molecule has 19 heavy (non-hydrogen) atoms. The summed E-state index contributed by atoms with van der Waals surface area (Å²) in [5, 5.41) is 0.619. The minimum Gasteiger partial charge on any atom is -0.398 e. The predicted octanol–water partition coefficient (Wildman–Crippen LogP) is 4.32. The highest BCUT2D eigenvalue weighted by Gasteiger charge is 2.04. The highest BCUT2D eigenvalue weighted by molar-refractivity contribution is 9.10. The van der Waals surface area contributed by atoms with Crippen LogP contribution in [0, 0.1) is 0 Å². The lowest BCUT2D eigenvalue weighted by molar-refractivity contribution is 0.319. The first kappa shape index (κ1) is 14.4. The van der Waals surface area contributed by atoms with E-state index in [2.05, 4.69) is 40.0 Å². The molecule has 0 radical (unpaired) electrons. The normalized spacial score (nSPS) is 10.9. The van der Waals surface area contributed by atoms with Gasteiger partial charge in [0.15, 0.2) is 0 Å². The van der Waals surface area contributed by atoms with Crippen LogP contribution in [0.4, 0.5) is 5.69 Å². The second kappa shape index (κ2) is 6.42. The summed E-state index contributed by atoms with van der Waals surface area (Å²) < 4.78 is 1.11. The second-order valence-corrected chi connectivity index (χ2v) is 5.98. The Kier molecular flexibility index (Phi) is 4.86. The first-order valence-electron chi connectivity index (χ1n) is 6.01. The molecule has 0 fully saturated rings. The van der Waals surface area contributed by atoms with E-state index in [1.165, 1.54) is 5.56 Å². The number of halogens is 2. The van der Waals surface area contributed by atoms with Gasteiger partial charge in [0.1, 0.15) is 0 Å². The predicted molar refractivity (Wildman–Crippen MR) is 85.2 cm³/mol. The molecule has 2 rings (SSSR count). The van der Waals surface area contributed by atoms with E-state index in [-0.39, 0.29) is 0 Å². The third-order valence-corrected chi connectivity index (χ3v) is 3.68. The zero-order valence-corrected chi connectivity index (χ0v) is 13.1. The average Bonchev–Trinajstić information content (AvgIpc) is 2.34. The van der Waals surface area contributed by atoms with Crippen molar-refractivity contribution in [3.8, 4) is 0 Å². The number of nitrogen functional groups attached to an aromatic ring is 1. The van der Waals surface area contributed by atoms with E-state index in [9.17, 15) is 0 Å². The number of hydrogen-bond acceptors (Lipinski definition) is 2. The Labute approximate surface area is 127 Å². The third kappa shape index (κ3) is 4.23. The molecule has 2 aromatic rings. The fourth-order valence-electron chi connectivity index (χ4n) is 1.98. The lowest BCUT2D eigenvalue weighted by atomic mass is 10.1. The van der Waals surface area contributed by atoms with Gasteiger partial charge in [-0.1, -0.05) is 45.7 Å². The number of anilines is 1. The minimum absolute atomic E-state index is 0.619. The molecular weight excluding hydrogens is 324 g/mol. The van der Waals surface area contributed by atoms with Crippen molar-refractivity contribution < 1.29 is 0 Å². The Balaban J connectivity index is 2.01. The molecule has 0 aliphatic heterocycles. The first-order chi connectivity index (χ1) is 9.04. The van der Waals surface area contributed by atoms with E-state index in [1.54, 1.807) is 0 Å². The van der Waals surface area contributed by atoms with Crippen molar-refractivity contribution in [2.75, 3.05) is 12.8 Å². The molecule has 0 bridgehead atoms. The molecule has 0 saturated heterocycles. The minimum atomic E-state index is 0.619. The van der Waals surface area contributed by atoms with Crippen LogP contribution in [-0.4, -0.2) is 11.9 Å². The number of nitrogens with two attached hydrogens (primary N) is 1. The van der Waals surface area contributed by atoms with Crippen LogP contribution < -0.4 is 5.73 Å². The van der Waals surface area contributed by atoms with E-state index in [0.717, 1.165) is 23.1 Å². The van der Waals surface area contributed by atoms with Crippen LogP contribution in [0.3, 0.4) is 0 Å². The quantitative estimate of drug-likeness (QED) is 0.841. The van der Waals surface area contributed by atoms with Crippen LogP contribution in [0.2, 0.25) is 5.02 Å². The van der Waals surface area contributed by atoms with Crippen LogP contribution >= 0.6 is 27.5 Å². The second-order valence-electron chi connectivity index (χ2n) is 4.66. The van der Waals surface area contributed by atoms with E-state index in [0.29, 0.717) is 10.7 Å². The Morgan fingerprint density at radius 3 is 2.42 bits per heavy atom. The smallest absolute Gasteiger partial charge is 0.0638 e. The van der Waals surface area contributed by atoms with Crippen LogP contribution in [-0.2, 0) is 13.1 Å². The molecule has 0 saturated carbocycles. The average molecular weight is 340 g/mol. The maximum Gasteiger partial charge on any atom is 0.0638 e. The molecule has 0 aromatic heterocycles. The summed E-state index contributed by atoms with van der Waals surface area (Å²) in [5.74, 6) is 0. The van der Waals surface area contributed by atoms with E-state index < -0.39 is 0 Å². The Bertz CT molecular complexity index is 572. The fraction of sp³-hybridized carbons (Fsp3) is 0.200. The molecule has 2 nitrogen and oxygen atoms in total. The van der Waals surface area contributed by atoms with Crippen molar-refractivity contribution in [3.63, 3.8) is 0 Å². The van der Waals surface area contributed by atoms with Crippen molar-refractivity contribution >= 4 is 33.2 Å². The third-order valence-electron chi connectivity index (χ3n) is 2.86. The summed E-state index contributed by atoms with van der Waals surface area (Å²) >= 11 is 9.52. The van der Waals surface area contributed by atoms with Gasteiger partial charge in [0.2, 0.25) is 0 Å². The molecule has 0 aliphatic rings. The maximum atomic E-state index is 6.03. The topological polar surface area (TPSA) is 29.3 Å². The fourth-order valence-corrected chi connectivity index (χ4v) is 2.63. The molecule has 4 heteroatoms. The van der Waals surface area contributed by atoms with Crippen molar-refractivity contribution in [2.45, 2.75) is 13.1 Å². The van der Waals surface area contributed by atoms with Gasteiger partial charge in [-0.15, -0.1) is 0 Å². The van der Waals surface area contributed by atoms with Crippen molar-refractivity contribution in [1.29, 1.82) is 0 Å². The lowest BCUT2D eigenvalue weighted by Crippen LogP contribution is -2.17. The summed E-state index contributed by atoms with van der Waals surface area (Å²) in [4.78, 5) is 2.24. The molecule has 0 atom stereocenters. The van der Waals surface area contributed by atoms with Crippen LogP contribution in [0.5, 0.6) is 0 Å². The van der Waals surface area contributed by atoms with Gasteiger partial charge in [-0.05, 0) is 42.4 Å². The Morgan fingerprint density at radius 2 is 1.79 bits per heavy atom. The monoisotopic (exact) mass is 338 g/mol. The summed E-state index contributed by atoms with van der Waals surface area (Å²) in [6.45, 7) is 1.73. The Morgan fingerprint density at radius 1 is 1.11 bits per heavy atom. The largest absolute Gasteiger partial charge is 0.398 e. The Hall–Kier alpha value is -1.03. The zero-order chi connectivity index (χ0) is 13.8. The first-order valence-corrected chi connectivity index (χ1v) is 7.18. The van der Waals surface area contributed by atoms with Gasteiger partial charge in [0, 0.05) is 17.6 Å². The van der Waals surface area contributed by atoms with Gasteiger partial charge in [-0.2, -0.15) is 0 Å². The summed E-state index contributed by atoms with van der Waals surface area (Å²) in [6.07, 6.45) is 0. The molecule has 0 spiro atoms. The van der Waals surface area contributed by atoms with Gasteiger partial charge in [-0.3, -0.25) is 4.90 Å². The summed E-state index contributed by atoms with van der Waals surface area (Å²) in [6, 6.07) is 14.1. The highest BCUT2D eigenvalue weighted by atomic mass is 79.9. The van der Waals surface area contributed by atoms with E-state index >= 15 is 0 Å². The van der Waals surface area contributed by atoms with Gasteiger partial charge in [0.25, 0.3) is 0 Å². The molecular formula is C15H16BrClN2. The number of rotatable bonds is 4. The zero-order valence-electron chi connectivity index (χ0n) is 10.7. The van der Waals surface area contributed by atoms with Crippen molar-refractivity contribution in [2.24, 2.45) is 0 Å². The van der Waals surface area contributed by atoms with E-state index in [1.807, 2.05) is 30.3 Å². The number of nitrogens with zero attached hydrogens (tertiary/aromatic N) is 1. The van der Waals surface area contributed by atoms with Crippen molar-refractivity contribution in [1.82, 2.24) is 4.90 Å². The summed E-state index contributed by atoms with van der Waals surface area (Å²) in [5.41, 5.74) is 8.77. The number of hydrogen-bond donors (Lipinski definition) is 1. The van der Waals surface area contributed by atoms with Crippen LogP contribution in [0.1, 0.15) is 11.1 Å². The lowest BCUT2D eigenvalue weighted by Gasteiger charge is -2.17. The van der Waals surface area contributed by atoms with Gasteiger partial charge in [0.05, 0.1) is 10.7 Å². The molecule has 2 aromatic carbocycles. The molecule has 0 amide bonds. The van der Waals surface area contributed by atoms with Crippen LogP contribution in [0.15, 0.2) is 46.9 Å². The molecule has 0 unspecified atom stereocenters. The summed E-state index contributed by atoms with van der Waals surface area (Å²) in [7, 11) is 2.09. The molecule has 0 heterocycles. The van der Waals surface area contributed by atoms with Gasteiger partial charge in [-0.25, -0.2) is 0 Å². The molecule has 100 valence electrons. The SMILES string of the molecule is CN(Cc1cccc(Br)c1)Cc1ccc(N)c(Cl)c1. The van der Waals surface area contributed by atoms with Gasteiger partial charge < -0.3 is 5.73 Å². The maximum absolute atomic E-state index is 6.03. The molecule has 2 N–H and O–H groups in total.